The highest BCUT2D eigenvalue weighted by Gasteiger charge is 2.34. The maximum Gasteiger partial charge on any atom is 0.145 e. The van der Waals surface area contributed by atoms with Crippen LogP contribution in [0.3, 0.4) is 0 Å². The molecule has 0 fully saturated rings. The van der Waals surface area contributed by atoms with E-state index in [9.17, 15) is 0 Å². The van der Waals surface area contributed by atoms with Crippen molar-refractivity contribution in [1.82, 2.24) is 9.55 Å². The van der Waals surface area contributed by atoms with E-state index in [1.54, 1.807) is 0 Å². The summed E-state index contributed by atoms with van der Waals surface area (Å²) >= 11 is 0. The van der Waals surface area contributed by atoms with Crippen LogP contribution >= 0.6 is 0 Å². The second kappa shape index (κ2) is 15.5. The molecule has 0 N–H and O–H groups in total. The molecule has 0 spiro atoms. The van der Waals surface area contributed by atoms with Crippen LogP contribution in [0.1, 0.15) is 53.1 Å². The van der Waals surface area contributed by atoms with Crippen molar-refractivity contribution in [3.05, 3.63) is 239 Å². The van der Waals surface area contributed by atoms with Crippen LogP contribution in [0, 0.1) is 13.8 Å². The van der Waals surface area contributed by atoms with Gasteiger partial charge >= 0.3 is 0 Å². The van der Waals surface area contributed by atoms with Crippen LogP contribution in [0.5, 0.6) is 0 Å². The Hall–Kier alpha value is -7.81. The molecule has 0 aliphatic heterocycles. The number of hydrogen-bond acceptors (Lipinski definition) is 1. The second-order valence-electron chi connectivity index (χ2n) is 18.0. The molecule has 1 atom stereocenters. The molecular formula is C63H48N2. The number of allylic oxidation sites excluding steroid dienone is 6. The molecule has 1 heterocycles. The summed E-state index contributed by atoms with van der Waals surface area (Å²) < 4.78 is 2.29. The third-order valence-electron chi connectivity index (χ3n) is 14.3. The van der Waals surface area contributed by atoms with Gasteiger partial charge < -0.3 is 0 Å². The fraction of sp³-hybridized carbons (Fsp3) is 0.0952. The minimum Gasteiger partial charge on any atom is -0.292 e. The molecular weight excluding hydrogens is 785 g/mol. The van der Waals surface area contributed by atoms with Crippen molar-refractivity contribution >= 4 is 55.5 Å². The van der Waals surface area contributed by atoms with Crippen molar-refractivity contribution in [2.75, 3.05) is 0 Å². The van der Waals surface area contributed by atoms with Gasteiger partial charge in [0.2, 0.25) is 0 Å². The second-order valence-corrected chi connectivity index (χ2v) is 18.0. The summed E-state index contributed by atoms with van der Waals surface area (Å²) in [5.74, 6) is 0.939. The molecule has 12 rings (SSSR count). The zero-order chi connectivity index (χ0) is 43.6. The van der Waals surface area contributed by atoms with Crippen molar-refractivity contribution < 1.29 is 0 Å². The summed E-state index contributed by atoms with van der Waals surface area (Å²) in [6, 6.07) is 63.1. The third kappa shape index (κ3) is 6.27. The number of aromatic nitrogens is 2. The summed E-state index contributed by atoms with van der Waals surface area (Å²) in [4.78, 5) is 5.22. The Balaban J connectivity index is 1.13. The number of fused-ring (bicyclic) bond motifs is 6. The van der Waals surface area contributed by atoms with Gasteiger partial charge in [-0.25, -0.2) is 4.98 Å². The van der Waals surface area contributed by atoms with Crippen LogP contribution < -0.4 is 0 Å². The normalized spacial score (nSPS) is 14.3. The number of nitrogens with zero attached hydrogens (tertiary/aromatic N) is 2. The Morgan fingerprint density at radius 3 is 2.12 bits per heavy atom. The Labute approximate surface area is 380 Å². The molecule has 2 nitrogen and oxygen atoms in total. The van der Waals surface area contributed by atoms with E-state index in [1.807, 2.05) is 0 Å². The molecule has 2 aliphatic carbocycles. The first-order valence-electron chi connectivity index (χ1n) is 22.9. The van der Waals surface area contributed by atoms with Gasteiger partial charge in [-0.1, -0.05) is 193 Å². The van der Waals surface area contributed by atoms with Crippen molar-refractivity contribution in [2.45, 2.75) is 39.0 Å². The van der Waals surface area contributed by atoms with Crippen LogP contribution in [-0.4, -0.2) is 9.55 Å². The maximum atomic E-state index is 5.22. The van der Waals surface area contributed by atoms with E-state index in [0.29, 0.717) is 0 Å². The van der Waals surface area contributed by atoms with E-state index in [4.69, 9.17) is 4.98 Å². The summed E-state index contributed by atoms with van der Waals surface area (Å²) in [5, 5.41) is 7.59. The van der Waals surface area contributed by atoms with Crippen molar-refractivity contribution in [1.29, 1.82) is 0 Å². The first-order chi connectivity index (χ1) is 32.0. The van der Waals surface area contributed by atoms with Gasteiger partial charge in [-0.05, 0) is 146 Å². The van der Waals surface area contributed by atoms with Crippen LogP contribution in [-0.2, 0) is 5.41 Å². The predicted octanol–water partition coefficient (Wildman–Crippen LogP) is 16.7. The summed E-state index contributed by atoms with van der Waals surface area (Å²) in [5.41, 5.74) is 18.0. The van der Waals surface area contributed by atoms with Gasteiger partial charge in [-0.15, -0.1) is 0 Å². The number of aryl methyl sites for hydroxylation is 1. The Morgan fingerprint density at radius 1 is 0.554 bits per heavy atom. The lowest BCUT2D eigenvalue weighted by molar-refractivity contribution is 0.634. The van der Waals surface area contributed by atoms with Crippen LogP contribution in [0.2, 0.25) is 0 Å². The van der Waals surface area contributed by atoms with Crippen molar-refractivity contribution in [3.63, 3.8) is 0 Å². The van der Waals surface area contributed by atoms with Gasteiger partial charge in [0.1, 0.15) is 5.82 Å². The highest BCUT2D eigenvalue weighted by atomic mass is 15.1. The smallest absolute Gasteiger partial charge is 0.145 e. The topological polar surface area (TPSA) is 17.8 Å². The van der Waals surface area contributed by atoms with E-state index < -0.39 is 5.41 Å². The van der Waals surface area contributed by atoms with Gasteiger partial charge in [0, 0.05) is 16.7 Å². The molecule has 9 aromatic carbocycles. The fourth-order valence-corrected chi connectivity index (χ4v) is 10.9. The summed E-state index contributed by atoms with van der Waals surface area (Å²) in [7, 11) is 0. The van der Waals surface area contributed by atoms with E-state index in [0.717, 1.165) is 41.0 Å². The zero-order valence-electron chi connectivity index (χ0n) is 37.0. The third-order valence-corrected chi connectivity index (χ3v) is 14.3. The molecule has 310 valence electrons. The van der Waals surface area contributed by atoms with Crippen LogP contribution in [0.4, 0.5) is 0 Å². The van der Waals surface area contributed by atoms with Gasteiger partial charge in [0.25, 0.3) is 0 Å². The molecule has 10 aromatic rings. The SMILES string of the molecule is Cc1ccc2c(-c3ccc4c(C)c3C=CC=C4)c3cc(C(C)(C4=CC=CCC4)c4ccc(-c5nc6ccccc6n5-c5ccccc5)cc4)ccc3c(-c3cccc4ccccc34)c2c1. The molecule has 65 heavy (non-hydrogen) atoms. The van der Waals surface area contributed by atoms with E-state index in [2.05, 4.69) is 238 Å². The van der Waals surface area contributed by atoms with E-state index in [-0.39, 0.29) is 0 Å². The number of imidazole rings is 1. The Kier molecular flexibility index (Phi) is 9.24. The minimum absolute atomic E-state index is 0.425. The summed E-state index contributed by atoms with van der Waals surface area (Å²) in [6.07, 6.45) is 17.8. The molecule has 0 radical (unpaired) electrons. The molecule has 1 unspecified atom stereocenters. The molecule has 0 amide bonds. The first kappa shape index (κ1) is 38.8. The number of rotatable bonds is 7. The molecule has 1 aromatic heterocycles. The van der Waals surface area contributed by atoms with Crippen LogP contribution in [0.15, 0.2) is 206 Å². The highest BCUT2D eigenvalue weighted by molar-refractivity contribution is 6.24. The maximum absolute atomic E-state index is 5.22. The summed E-state index contributed by atoms with van der Waals surface area (Å²) in [6.45, 7) is 6.95. The van der Waals surface area contributed by atoms with E-state index in [1.165, 1.54) is 93.5 Å². The zero-order valence-corrected chi connectivity index (χ0v) is 37.0. The number of hydrogen-bond donors (Lipinski definition) is 0. The average Bonchev–Trinajstić information content (AvgIpc) is 3.71. The lowest BCUT2D eigenvalue weighted by atomic mass is 9.67. The molecule has 0 saturated heterocycles. The van der Waals surface area contributed by atoms with Crippen molar-refractivity contribution in [3.8, 4) is 39.3 Å². The highest BCUT2D eigenvalue weighted by Crippen LogP contribution is 2.50. The monoisotopic (exact) mass is 832 g/mol. The molecule has 2 bridgehead atoms. The first-order valence-corrected chi connectivity index (χ1v) is 22.9. The number of para-hydroxylation sites is 3. The van der Waals surface area contributed by atoms with E-state index >= 15 is 0 Å². The molecule has 0 saturated carbocycles. The lowest BCUT2D eigenvalue weighted by Gasteiger charge is -2.35. The fourth-order valence-electron chi connectivity index (χ4n) is 10.9. The molecule has 2 aliphatic rings. The minimum atomic E-state index is -0.425. The van der Waals surface area contributed by atoms with Crippen molar-refractivity contribution in [2.24, 2.45) is 0 Å². The van der Waals surface area contributed by atoms with Crippen LogP contribution in [0.25, 0.3) is 94.8 Å². The average molecular weight is 833 g/mol. The Morgan fingerprint density at radius 2 is 1.28 bits per heavy atom. The van der Waals surface area contributed by atoms with Gasteiger partial charge in [0.15, 0.2) is 0 Å². The quantitative estimate of drug-likeness (QED) is 0.146. The van der Waals surface area contributed by atoms with Gasteiger partial charge in [-0.3, -0.25) is 4.57 Å². The largest absolute Gasteiger partial charge is 0.292 e. The molecule has 2 heteroatoms. The standard InChI is InChI=1S/C63H48N2/c1-41-29-36-54-56(39-41)60(52-26-16-19-44-18-11-13-25-51(44)52)55-38-35-48(40-57(55)61(54)53-37-32-43-17-10-12-24-50(53)42(43)2)63(3,46-20-6-4-7-21-46)47-33-30-45(31-34-47)62-64-58-27-14-15-28-59(58)65(62)49-22-8-5-9-23-49/h4-6,8-20,22-40H,7,21H2,1-3H3. The predicted molar refractivity (Wildman–Crippen MR) is 277 cm³/mol. The van der Waals surface area contributed by atoms with Gasteiger partial charge in [0.05, 0.1) is 11.0 Å². The Bertz CT molecular complexity index is 3660. The lowest BCUT2D eigenvalue weighted by Crippen LogP contribution is -2.27. The number of benzene rings is 9. The van der Waals surface area contributed by atoms with Gasteiger partial charge in [-0.2, -0.15) is 0 Å².